The zero-order valence-electron chi connectivity index (χ0n) is 13.6. The number of primary amides is 1. The van der Waals surface area contributed by atoms with Crippen molar-refractivity contribution in [1.82, 2.24) is 10.2 Å². The first-order valence-electron chi connectivity index (χ1n) is 8.55. The summed E-state index contributed by atoms with van der Waals surface area (Å²) in [7, 11) is 1.84. The van der Waals surface area contributed by atoms with Crippen molar-refractivity contribution in [1.29, 1.82) is 0 Å². The molecule has 6 heteroatoms. The predicted octanol–water partition coefficient (Wildman–Crippen LogP) is 2.03. The second kappa shape index (κ2) is 6.75. The highest BCUT2D eigenvalue weighted by Gasteiger charge is 2.54. The van der Waals surface area contributed by atoms with Gasteiger partial charge in [0.25, 0.3) is 5.91 Å². The van der Waals surface area contributed by atoms with Crippen LogP contribution in [0.15, 0.2) is 12.1 Å². The topological polar surface area (TPSA) is 67.6 Å². The summed E-state index contributed by atoms with van der Waals surface area (Å²) in [5.41, 5.74) is 5.23. The van der Waals surface area contributed by atoms with Crippen LogP contribution in [-0.2, 0) is 10.3 Å². The van der Waals surface area contributed by atoms with Gasteiger partial charge in [0, 0.05) is 56.0 Å². The van der Waals surface area contributed by atoms with Crippen LogP contribution in [0.2, 0.25) is 0 Å². The van der Waals surface area contributed by atoms with Gasteiger partial charge in [0.05, 0.1) is 4.88 Å². The Bertz CT molecular complexity index is 585. The zero-order valence-corrected chi connectivity index (χ0v) is 14.4. The quantitative estimate of drug-likeness (QED) is 0.871. The van der Waals surface area contributed by atoms with Crippen LogP contribution in [0, 0.1) is 11.8 Å². The number of nitrogens with zero attached hydrogens (tertiary/aromatic N) is 1. The minimum atomic E-state index is -0.337. The molecule has 0 spiro atoms. The molecular weight excluding hydrogens is 322 g/mol. The lowest BCUT2D eigenvalue weighted by Gasteiger charge is -2.57. The van der Waals surface area contributed by atoms with E-state index in [2.05, 4.69) is 16.3 Å². The van der Waals surface area contributed by atoms with Crippen molar-refractivity contribution < 1.29 is 9.53 Å². The van der Waals surface area contributed by atoms with Crippen molar-refractivity contribution in [2.24, 2.45) is 17.6 Å². The van der Waals surface area contributed by atoms with Crippen molar-refractivity contribution in [2.45, 2.75) is 38.3 Å². The molecule has 24 heavy (non-hydrogen) atoms. The highest BCUT2D eigenvalue weighted by atomic mass is 32.1. The molecule has 5 nitrogen and oxygen atoms in total. The number of carbonyl (C=O) groups excluding carboxylic acids is 1. The third kappa shape index (κ3) is 2.60. The maximum atomic E-state index is 11.5. The lowest BCUT2D eigenvalue weighted by Crippen LogP contribution is -2.66. The molecule has 2 aliphatic heterocycles. The van der Waals surface area contributed by atoms with Crippen LogP contribution in [0.1, 0.15) is 41.2 Å². The zero-order chi connectivity index (χ0) is 16.0. The molecule has 1 saturated carbocycles. The summed E-state index contributed by atoms with van der Waals surface area (Å²) in [5, 5.41) is 3.38. The van der Waals surface area contributed by atoms with Gasteiger partial charge in [-0.1, -0.05) is 13.8 Å². The molecule has 1 aromatic rings. The van der Waals surface area contributed by atoms with Gasteiger partial charge >= 0.3 is 0 Å². The number of thiophene rings is 1. The molecule has 2 unspecified atom stereocenters. The molecule has 0 aromatic carbocycles. The number of amides is 1. The molecule has 3 fully saturated rings. The second-order valence-corrected chi connectivity index (χ2v) is 8.20. The number of hydrogen-bond acceptors (Lipinski definition) is 5. The van der Waals surface area contributed by atoms with E-state index in [9.17, 15) is 4.79 Å². The maximum Gasteiger partial charge on any atom is 0.258 e. The smallest absolute Gasteiger partial charge is 0.258 e. The van der Waals surface area contributed by atoms with E-state index < -0.39 is 0 Å². The number of fused-ring (bicyclic) bond motifs is 2. The van der Waals surface area contributed by atoms with Crippen molar-refractivity contribution in [3.8, 4) is 0 Å². The highest BCUT2D eigenvalue weighted by molar-refractivity contribution is 7.14. The summed E-state index contributed by atoms with van der Waals surface area (Å²) < 4.78 is 6.22. The van der Waals surface area contributed by atoms with E-state index >= 15 is 0 Å². The lowest BCUT2D eigenvalue weighted by molar-refractivity contribution is -0.174. The lowest BCUT2D eigenvalue weighted by atomic mass is 9.64. The van der Waals surface area contributed by atoms with Crippen molar-refractivity contribution in [3.63, 3.8) is 0 Å². The van der Waals surface area contributed by atoms with Crippen LogP contribution in [0.3, 0.4) is 0 Å². The minimum Gasteiger partial charge on any atom is -0.372 e. The van der Waals surface area contributed by atoms with Gasteiger partial charge in [-0.15, -0.1) is 11.3 Å². The molecular formula is C18H29N3O2S. The Morgan fingerprint density at radius 2 is 2.00 bits per heavy atom. The van der Waals surface area contributed by atoms with Gasteiger partial charge in [-0.05, 0) is 25.0 Å². The maximum absolute atomic E-state index is 11.5. The van der Waals surface area contributed by atoms with E-state index in [0.29, 0.717) is 22.8 Å². The molecule has 3 heterocycles. The highest BCUT2D eigenvalue weighted by Crippen LogP contribution is 2.53. The Kier molecular flexibility index (Phi) is 5.02. The molecule has 1 amide bonds. The molecule has 2 bridgehead atoms. The van der Waals surface area contributed by atoms with E-state index in [-0.39, 0.29) is 18.9 Å². The fourth-order valence-electron chi connectivity index (χ4n) is 4.81. The van der Waals surface area contributed by atoms with E-state index in [4.69, 9.17) is 10.5 Å². The Hall–Kier alpha value is -0.950. The van der Waals surface area contributed by atoms with Crippen molar-refractivity contribution >= 4 is 17.2 Å². The van der Waals surface area contributed by atoms with E-state index in [1.807, 2.05) is 13.2 Å². The van der Waals surface area contributed by atoms with E-state index in [0.717, 1.165) is 26.2 Å². The summed E-state index contributed by atoms with van der Waals surface area (Å²) in [6.45, 7) is 4.43. The third-order valence-corrected chi connectivity index (χ3v) is 7.31. The van der Waals surface area contributed by atoms with Gasteiger partial charge in [-0.2, -0.15) is 0 Å². The van der Waals surface area contributed by atoms with Crippen molar-refractivity contribution in [3.05, 3.63) is 21.9 Å². The SMILES string of the molecule is C.COC1(c2ccc(C(N)=O)s2)C2CCCC1CN(C1CNC1)C2. The fraction of sp³-hybridized carbons (Fsp3) is 0.722. The minimum absolute atomic E-state index is 0. The molecule has 2 atom stereocenters. The number of carbonyl (C=O) groups is 1. The molecule has 2 saturated heterocycles. The Balaban J connectivity index is 0.00000169. The molecule has 0 radical (unpaired) electrons. The normalized spacial score (nSPS) is 33.5. The number of rotatable bonds is 4. The van der Waals surface area contributed by atoms with Crippen LogP contribution in [-0.4, -0.2) is 50.1 Å². The summed E-state index contributed by atoms with van der Waals surface area (Å²) >= 11 is 1.53. The van der Waals surface area contributed by atoms with Gasteiger partial charge in [0.1, 0.15) is 5.60 Å². The number of hydrogen-bond donors (Lipinski definition) is 2. The number of nitrogens with one attached hydrogen (secondary N) is 1. The summed E-state index contributed by atoms with van der Waals surface area (Å²) in [6.07, 6.45) is 3.68. The number of piperidine rings is 1. The van der Waals surface area contributed by atoms with Crippen LogP contribution in [0.4, 0.5) is 0 Å². The van der Waals surface area contributed by atoms with Gasteiger partial charge in [-0.25, -0.2) is 0 Å². The first kappa shape index (κ1) is 17.9. The third-order valence-electron chi connectivity index (χ3n) is 6.08. The summed E-state index contributed by atoms with van der Waals surface area (Å²) in [4.78, 5) is 16.0. The number of nitrogens with two attached hydrogens (primary N) is 1. The molecule has 4 rings (SSSR count). The largest absolute Gasteiger partial charge is 0.372 e. The Morgan fingerprint density at radius 3 is 2.46 bits per heavy atom. The Labute approximate surface area is 148 Å². The average Bonchev–Trinajstić information content (AvgIpc) is 2.95. The number of likely N-dealkylation sites (tertiary alicyclic amines) is 1. The van der Waals surface area contributed by atoms with Crippen LogP contribution >= 0.6 is 11.3 Å². The molecule has 3 N–H and O–H groups in total. The van der Waals surface area contributed by atoms with Crippen LogP contribution < -0.4 is 11.1 Å². The van der Waals surface area contributed by atoms with Crippen LogP contribution in [0.25, 0.3) is 0 Å². The number of methoxy groups -OCH3 is 1. The van der Waals surface area contributed by atoms with Gasteiger partial charge in [0.15, 0.2) is 0 Å². The van der Waals surface area contributed by atoms with Crippen molar-refractivity contribution in [2.75, 3.05) is 33.3 Å². The monoisotopic (exact) mass is 351 g/mol. The average molecular weight is 352 g/mol. The molecule has 1 aliphatic carbocycles. The Morgan fingerprint density at radius 1 is 1.33 bits per heavy atom. The van der Waals surface area contributed by atoms with E-state index in [1.54, 1.807) is 0 Å². The summed E-state index contributed by atoms with van der Waals surface area (Å²) in [5.74, 6) is 0.663. The molecule has 134 valence electrons. The van der Waals surface area contributed by atoms with Gasteiger partial charge in [0.2, 0.25) is 0 Å². The molecule has 3 aliphatic rings. The first-order valence-corrected chi connectivity index (χ1v) is 9.37. The first-order chi connectivity index (χ1) is 11.1. The van der Waals surface area contributed by atoms with Crippen LogP contribution in [0.5, 0.6) is 0 Å². The summed E-state index contributed by atoms with van der Waals surface area (Å²) in [6, 6.07) is 4.62. The predicted molar refractivity (Wildman–Crippen MR) is 97.3 cm³/mol. The van der Waals surface area contributed by atoms with E-state index in [1.165, 1.54) is 35.5 Å². The fourth-order valence-corrected chi connectivity index (χ4v) is 6.00. The standard InChI is InChI=1S/C17H25N3O2S.CH4/c1-22-17(15-6-5-14(23-15)16(18)21)11-3-2-4-12(17)10-20(9-11)13-7-19-8-13;/h5-6,11-13,19H,2-4,7-10H2,1H3,(H2,18,21);1H4. The number of ether oxygens (including phenoxy) is 1. The van der Waals surface area contributed by atoms with Gasteiger partial charge in [-0.3, -0.25) is 9.69 Å². The second-order valence-electron chi connectivity index (χ2n) is 7.12. The van der Waals surface area contributed by atoms with Gasteiger partial charge < -0.3 is 15.8 Å². The molecule has 1 aromatic heterocycles.